The molecule has 0 aliphatic carbocycles. The molecule has 1 rings (SSSR count). The highest BCUT2D eigenvalue weighted by Crippen LogP contribution is 2.17. The second-order valence-corrected chi connectivity index (χ2v) is 5.54. The molecule has 3 N–H and O–H groups in total. The standard InChI is InChI=1S/C13H18BrFN2O/c1-8(2)5-12(16)13(18)17-7-9-3-4-10(15)6-11(9)14/h3-4,6,8,12H,5,7,16H2,1-2H3,(H,17,18)/t12-/m0/s1. The highest BCUT2D eigenvalue weighted by atomic mass is 79.9. The number of amides is 1. The zero-order valence-electron chi connectivity index (χ0n) is 10.5. The van der Waals surface area contributed by atoms with Crippen molar-refractivity contribution in [1.82, 2.24) is 5.32 Å². The third-order valence-corrected chi connectivity index (χ3v) is 3.27. The molecule has 0 fully saturated rings. The Labute approximate surface area is 115 Å². The molecule has 0 saturated heterocycles. The van der Waals surface area contributed by atoms with E-state index in [1.54, 1.807) is 6.07 Å². The number of nitrogens with two attached hydrogens (primary N) is 1. The summed E-state index contributed by atoms with van der Waals surface area (Å²) in [5.74, 6) is -0.114. The van der Waals surface area contributed by atoms with E-state index < -0.39 is 6.04 Å². The Bertz CT molecular complexity index is 423. The lowest BCUT2D eigenvalue weighted by molar-refractivity contribution is -0.122. The quantitative estimate of drug-likeness (QED) is 0.877. The molecule has 5 heteroatoms. The van der Waals surface area contributed by atoms with Crippen LogP contribution < -0.4 is 11.1 Å². The summed E-state index contributed by atoms with van der Waals surface area (Å²) in [5.41, 5.74) is 6.58. The number of benzene rings is 1. The maximum Gasteiger partial charge on any atom is 0.237 e. The fraction of sp³-hybridized carbons (Fsp3) is 0.462. The fourth-order valence-corrected chi connectivity index (χ4v) is 2.08. The van der Waals surface area contributed by atoms with E-state index in [0.717, 1.165) is 5.56 Å². The molecule has 1 aromatic carbocycles. The van der Waals surface area contributed by atoms with Crippen LogP contribution in [-0.2, 0) is 11.3 Å². The zero-order chi connectivity index (χ0) is 13.7. The van der Waals surface area contributed by atoms with Gasteiger partial charge in [-0.3, -0.25) is 4.79 Å². The molecule has 18 heavy (non-hydrogen) atoms. The molecule has 0 aromatic heterocycles. The highest BCUT2D eigenvalue weighted by molar-refractivity contribution is 9.10. The van der Waals surface area contributed by atoms with E-state index in [2.05, 4.69) is 21.2 Å². The van der Waals surface area contributed by atoms with Crippen LogP contribution in [0.25, 0.3) is 0 Å². The Kier molecular flexibility index (Phi) is 5.75. The number of nitrogens with one attached hydrogen (secondary N) is 1. The Hall–Kier alpha value is -0.940. The third kappa shape index (κ3) is 4.74. The smallest absolute Gasteiger partial charge is 0.237 e. The van der Waals surface area contributed by atoms with Gasteiger partial charge >= 0.3 is 0 Å². The van der Waals surface area contributed by atoms with Gasteiger partial charge in [-0.1, -0.05) is 35.8 Å². The van der Waals surface area contributed by atoms with Gasteiger partial charge in [-0.2, -0.15) is 0 Å². The van der Waals surface area contributed by atoms with Gasteiger partial charge in [0, 0.05) is 11.0 Å². The SMILES string of the molecule is CC(C)C[C@H](N)C(=O)NCc1ccc(F)cc1Br. The second kappa shape index (κ2) is 6.85. The van der Waals surface area contributed by atoms with Gasteiger partial charge in [0.1, 0.15) is 5.82 Å². The van der Waals surface area contributed by atoms with Gasteiger partial charge in [0.05, 0.1) is 6.04 Å². The van der Waals surface area contributed by atoms with Gasteiger partial charge in [-0.05, 0) is 30.0 Å². The van der Waals surface area contributed by atoms with Crippen LogP contribution in [0.4, 0.5) is 4.39 Å². The van der Waals surface area contributed by atoms with E-state index in [-0.39, 0.29) is 11.7 Å². The van der Waals surface area contributed by atoms with Crippen LogP contribution in [0.5, 0.6) is 0 Å². The van der Waals surface area contributed by atoms with E-state index in [1.165, 1.54) is 12.1 Å². The first kappa shape index (κ1) is 15.1. The van der Waals surface area contributed by atoms with Gasteiger partial charge in [-0.25, -0.2) is 4.39 Å². The predicted molar refractivity (Wildman–Crippen MR) is 73.4 cm³/mol. The van der Waals surface area contributed by atoms with E-state index in [9.17, 15) is 9.18 Å². The number of hydrogen-bond acceptors (Lipinski definition) is 2. The summed E-state index contributed by atoms with van der Waals surface area (Å²) in [4.78, 5) is 11.7. The van der Waals surface area contributed by atoms with Crippen molar-refractivity contribution in [3.05, 3.63) is 34.1 Å². The van der Waals surface area contributed by atoms with Crippen molar-refractivity contribution in [1.29, 1.82) is 0 Å². The minimum Gasteiger partial charge on any atom is -0.351 e. The molecule has 0 radical (unpaired) electrons. The summed E-state index contributed by atoms with van der Waals surface area (Å²) in [5, 5.41) is 2.75. The molecule has 1 aromatic rings. The van der Waals surface area contributed by atoms with Crippen molar-refractivity contribution < 1.29 is 9.18 Å². The summed E-state index contributed by atoms with van der Waals surface area (Å²) in [7, 11) is 0. The largest absolute Gasteiger partial charge is 0.351 e. The third-order valence-electron chi connectivity index (χ3n) is 2.53. The summed E-state index contributed by atoms with van der Waals surface area (Å²) in [6.45, 7) is 4.37. The highest BCUT2D eigenvalue weighted by Gasteiger charge is 2.14. The Morgan fingerprint density at radius 2 is 2.17 bits per heavy atom. The first-order valence-corrected chi connectivity index (χ1v) is 6.66. The molecule has 0 bridgehead atoms. The lowest BCUT2D eigenvalue weighted by Gasteiger charge is -2.14. The molecule has 3 nitrogen and oxygen atoms in total. The van der Waals surface area contributed by atoms with Gasteiger partial charge in [0.25, 0.3) is 0 Å². The predicted octanol–water partition coefficient (Wildman–Crippen LogP) is 2.58. The molecule has 0 aliphatic heterocycles. The number of rotatable bonds is 5. The fourth-order valence-electron chi connectivity index (χ4n) is 1.59. The van der Waals surface area contributed by atoms with Gasteiger partial charge in [-0.15, -0.1) is 0 Å². The lowest BCUT2D eigenvalue weighted by atomic mass is 10.0. The maximum absolute atomic E-state index is 12.9. The Morgan fingerprint density at radius 1 is 1.50 bits per heavy atom. The maximum atomic E-state index is 12.9. The van der Waals surface area contributed by atoms with Gasteiger partial charge < -0.3 is 11.1 Å². The molecule has 1 amide bonds. The summed E-state index contributed by atoms with van der Waals surface area (Å²) < 4.78 is 13.5. The molecule has 0 aliphatic rings. The second-order valence-electron chi connectivity index (χ2n) is 4.69. The minimum absolute atomic E-state index is 0.181. The van der Waals surface area contributed by atoms with Gasteiger partial charge in [0.2, 0.25) is 5.91 Å². The van der Waals surface area contributed by atoms with E-state index in [0.29, 0.717) is 23.4 Å². The van der Waals surface area contributed by atoms with Gasteiger partial charge in [0.15, 0.2) is 0 Å². The first-order chi connectivity index (χ1) is 8.40. The average Bonchev–Trinajstić information content (AvgIpc) is 2.26. The molecular weight excluding hydrogens is 299 g/mol. The molecule has 0 unspecified atom stereocenters. The van der Waals surface area contributed by atoms with E-state index >= 15 is 0 Å². The molecule has 0 saturated carbocycles. The first-order valence-electron chi connectivity index (χ1n) is 5.87. The van der Waals surface area contributed by atoms with Crippen LogP contribution >= 0.6 is 15.9 Å². The Balaban J connectivity index is 2.52. The van der Waals surface area contributed by atoms with E-state index in [1.807, 2.05) is 13.8 Å². The average molecular weight is 317 g/mol. The van der Waals surface area contributed by atoms with Crippen molar-refractivity contribution in [3.63, 3.8) is 0 Å². The lowest BCUT2D eigenvalue weighted by Crippen LogP contribution is -2.41. The van der Waals surface area contributed by atoms with E-state index in [4.69, 9.17) is 5.73 Å². The van der Waals surface area contributed by atoms with Crippen LogP contribution in [0.3, 0.4) is 0 Å². The Morgan fingerprint density at radius 3 is 2.72 bits per heavy atom. The molecule has 0 spiro atoms. The van der Waals surface area contributed by atoms with Crippen molar-refractivity contribution in [2.45, 2.75) is 32.9 Å². The normalized spacial score (nSPS) is 12.6. The van der Waals surface area contributed by atoms with Crippen LogP contribution in [0.15, 0.2) is 22.7 Å². The van der Waals surface area contributed by atoms with Crippen molar-refractivity contribution in [3.8, 4) is 0 Å². The van der Waals surface area contributed by atoms with Crippen LogP contribution in [0.2, 0.25) is 0 Å². The molecule has 1 atom stereocenters. The summed E-state index contributed by atoms with van der Waals surface area (Å²) in [6, 6.07) is 3.87. The number of carbonyl (C=O) groups excluding carboxylic acids is 1. The number of carbonyl (C=O) groups is 1. The molecule has 100 valence electrons. The topological polar surface area (TPSA) is 55.1 Å². The zero-order valence-corrected chi connectivity index (χ0v) is 12.1. The monoisotopic (exact) mass is 316 g/mol. The molecular formula is C13H18BrFN2O. The summed E-state index contributed by atoms with van der Waals surface area (Å²) in [6.07, 6.45) is 0.649. The van der Waals surface area contributed by atoms with Crippen molar-refractivity contribution >= 4 is 21.8 Å². The minimum atomic E-state index is -0.496. The van der Waals surface area contributed by atoms with Crippen molar-refractivity contribution in [2.75, 3.05) is 0 Å². The summed E-state index contributed by atoms with van der Waals surface area (Å²) >= 11 is 3.25. The van der Waals surface area contributed by atoms with Crippen LogP contribution in [-0.4, -0.2) is 11.9 Å². The number of halogens is 2. The molecule has 0 heterocycles. The number of hydrogen-bond donors (Lipinski definition) is 2. The van der Waals surface area contributed by atoms with Crippen LogP contribution in [0.1, 0.15) is 25.8 Å². The van der Waals surface area contributed by atoms with Crippen LogP contribution in [0, 0.1) is 11.7 Å². The van der Waals surface area contributed by atoms with Crippen molar-refractivity contribution in [2.24, 2.45) is 11.7 Å².